The van der Waals surface area contributed by atoms with Crippen molar-refractivity contribution in [1.82, 2.24) is 4.90 Å². The number of benzene rings is 1. The highest BCUT2D eigenvalue weighted by molar-refractivity contribution is 9.10. The molecule has 0 unspecified atom stereocenters. The topological polar surface area (TPSA) is 57.6 Å². The monoisotopic (exact) mass is 377 g/mol. The van der Waals surface area contributed by atoms with Crippen molar-refractivity contribution in [3.05, 3.63) is 33.0 Å². The van der Waals surface area contributed by atoms with Gasteiger partial charge in [-0.05, 0) is 47.8 Å². The molecule has 0 aliphatic carbocycles. The lowest BCUT2D eigenvalue weighted by atomic mass is 9.90. The molecule has 1 aromatic carbocycles. The van der Waals surface area contributed by atoms with E-state index in [0.717, 1.165) is 6.07 Å². The predicted molar refractivity (Wildman–Crippen MR) is 80.0 cm³/mol. The summed E-state index contributed by atoms with van der Waals surface area (Å²) < 4.78 is 13.7. The first-order chi connectivity index (χ1) is 9.82. The highest BCUT2D eigenvalue weighted by Crippen LogP contribution is 2.30. The average Bonchev–Trinajstić information content (AvgIpc) is 2.42. The van der Waals surface area contributed by atoms with E-state index in [0.29, 0.717) is 19.4 Å². The first kappa shape index (κ1) is 16.2. The van der Waals surface area contributed by atoms with Crippen molar-refractivity contribution >= 4 is 39.4 Å². The number of hydrogen-bond acceptors (Lipinski definition) is 2. The van der Waals surface area contributed by atoms with Gasteiger partial charge in [-0.2, -0.15) is 0 Å². The van der Waals surface area contributed by atoms with Crippen LogP contribution in [0.1, 0.15) is 30.1 Å². The lowest BCUT2D eigenvalue weighted by Gasteiger charge is -2.37. The maximum absolute atomic E-state index is 13.7. The first-order valence-corrected chi connectivity index (χ1v) is 7.68. The van der Waals surface area contributed by atoms with Crippen molar-refractivity contribution in [1.29, 1.82) is 0 Å². The van der Waals surface area contributed by atoms with E-state index in [1.165, 1.54) is 11.0 Å². The van der Waals surface area contributed by atoms with E-state index >= 15 is 0 Å². The minimum Gasteiger partial charge on any atom is -0.481 e. The molecule has 1 heterocycles. The fourth-order valence-corrected chi connectivity index (χ4v) is 3.23. The molecule has 1 amide bonds. The molecule has 114 valence electrons. The largest absolute Gasteiger partial charge is 0.481 e. The summed E-state index contributed by atoms with van der Waals surface area (Å²) in [4.78, 5) is 25.3. The molecule has 21 heavy (non-hydrogen) atoms. The van der Waals surface area contributed by atoms with Gasteiger partial charge in [0.25, 0.3) is 5.91 Å². The van der Waals surface area contributed by atoms with Crippen LogP contribution < -0.4 is 0 Å². The molecule has 1 fully saturated rings. The molecule has 0 bridgehead atoms. The summed E-state index contributed by atoms with van der Waals surface area (Å²) in [6.07, 6.45) is 1.14. The average molecular weight is 379 g/mol. The Morgan fingerprint density at radius 3 is 2.76 bits per heavy atom. The lowest BCUT2D eigenvalue weighted by Crippen LogP contribution is -2.49. The highest BCUT2D eigenvalue weighted by Gasteiger charge is 2.36. The van der Waals surface area contributed by atoms with Crippen molar-refractivity contribution in [2.75, 3.05) is 6.54 Å². The Labute approximate surface area is 135 Å². The number of piperidine rings is 1. The van der Waals surface area contributed by atoms with Crippen LogP contribution in [0.3, 0.4) is 0 Å². The van der Waals surface area contributed by atoms with E-state index in [1.807, 2.05) is 0 Å². The van der Waals surface area contributed by atoms with E-state index in [9.17, 15) is 19.1 Å². The number of carbonyl (C=O) groups is 2. The van der Waals surface area contributed by atoms with Crippen LogP contribution in [0.2, 0.25) is 5.02 Å². The van der Waals surface area contributed by atoms with Gasteiger partial charge in [-0.1, -0.05) is 11.6 Å². The number of amides is 1. The van der Waals surface area contributed by atoms with Crippen molar-refractivity contribution in [2.24, 2.45) is 5.92 Å². The van der Waals surface area contributed by atoms with Gasteiger partial charge in [0.2, 0.25) is 0 Å². The van der Waals surface area contributed by atoms with Crippen molar-refractivity contribution in [3.63, 3.8) is 0 Å². The van der Waals surface area contributed by atoms with Crippen LogP contribution in [0.25, 0.3) is 0 Å². The second kappa shape index (κ2) is 6.32. The second-order valence-electron chi connectivity index (χ2n) is 5.08. The molecule has 0 saturated carbocycles. The summed E-state index contributed by atoms with van der Waals surface area (Å²) in [6, 6.07) is 2.05. The van der Waals surface area contributed by atoms with Gasteiger partial charge < -0.3 is 10.0 Å². The molecule has 1 saturated heterocycles. The van der Waals surface area contributed by atoms with Gasteiger partial charge in [0.15, 0.2) is 0 Å². The molecule has 1 aromatic rings. The molecule has 7 heteroatoms. The Bertz CT molecular complexity index is 596. The number of hydrogen-bond donors (Lipinski definition) is 1. The highest BCUT2D eigenvalue weighted by atomic mass is 79.9. The minimum atomic E-state index is -0.920. The Hall–Kier alpha value is -1.14. The number of carbonyl (C=O) groups excluding carboxylic acids is 1. The Balaban J connectivity index is 2.33. The van der Waals surface area contributed by atoms with E-state index in [2.05, 4.69) is 15.9 Å². The zero-order chi connectivity index (χ0) is 15.7. The third kappa shape index (κ3) is 3.21. The molecular weight excluding hydrogens is 365 g/mol. The normalized spacial score (nSPS) is 22.2. The summed E-state index contributed by atoms with van der Waals surface area (Å²) in [7, 11) is 0. The van der Waals surface area contributed by atoms with Gasteiger partial charge in [0.05, 0.1) is 16.0 Å². The zero-order valence-corrected chi connectivity index (χ0v) is 13.6. The molecule has 0 radical (unpaired) electrons. The predicted octanol–water partition coefficient (Wildman–Crippen LogP) is 3.57. The maximum Gasteiger partial charge on any atom is 0.308 e. The second-order valence-corrected chi connectivity index (χ2v) is 6.30. The van der Waals surface area contributed by atoms with Gasteiger partial charge in [-0.15, -0.1) is 0 Å². The molecule has 4 nitrogen and oxygen atoms in total. The molecule has 1 aliphatic rings. The van der Waals surface area contributed by atoms with Crippen molar-refractivity contribution in [2.45, 2.75) is 25.8 Å². The summed E-state index contributed by atoms with van der Waals surface area (Å²) in [5, 5.41) is 9.32. The molecule has 2 atom stereocenters. The third-order valence-corrected chi connectivity index (χ3v) is 4.81. The molecule has 1 aliphatic heterocycles. The Morgan fingerprint density at radius 2 is 2.14 bits per heavy atom. The number of likely N-dealkylation sites (tertiary alicyclic amines) is 1. The van der Waals surface area contributed by atoms with Gasteiger partial charge >= 0.3 is 5.97 Å². The Kier molecular flexibility index (Phi) is 4.88. The number of aliphatic carboxylic acids is 1. The van der Waals surface area contributed by atoms with Crippen molar-refractivity contribution < 1.29 is 19.1 Å². The summed E-state index contributed by atoms with van der Waals surface area (Å²) >= 11 is 8.84. The Morgan fingerprint density at radius 1 is 1.48 bits per heavy atom. The minimum absolute atomic E-state index is 0.0431. The molecule has 1 N–H and O–H groups in total. The van der Waals surface area contributed by atoms with Gasteiger partial charge in [-0.3, -0.25) is 9.59 Å². The fourth-order valence-electron chi connectivity index (χ4n) is 2.63. The van der Waals surface area contributed by atoms with Crippen LogP contribution in [0.15, 0.2) is 16.6 Å². The van der Waals surface area contributed by atoms with E-state index in [1.54, 1.807) is 6.92 Å². The lowest BCUT2D eigenvalue weighted by molar-refractivity contribution is -0.144. The number of carboxylic acid groups (broad SMARTS) is 1. The van der Waals surface area contributed by atoms with Crippen LogP contribution in [-0.2, 0) is 4.79 Å². The zero-order valence-electron chi connectivity index (χ0n) is 11.3. The quantitative estimate of drug-likeness (QED) is 0.801. The fraction of sp³-hybridized carbons (Fsp3) is 0.429. The maximum atomic E-state index is 13.7. The van der Waals surface area contributed by atoms with Crippen LogP contribution in [0, 0.1) is 11.7 Å². The summed E-state index contributed by atoms with van der Waals surface area (Å²) in [6.45, 7) is 2.15. The van der Waals surface area contributed by atoms with E-state index in [4.69, 9.17) is 11.6 Å². The number of carboxylic acids is 1. The van der Waals surface area contributed by atoms with Crippen molar-refractivity contribution in [3.8, 4) is 0 Å². The first-order valence-electron chi connectivity index (χ1n) is 6.51. The van der Waals surface area contributed by atoms with Crippen LogP contribution in [0.5, 0.6) is 0 Å². The molecular formula is C14H14BrClFNO3. The third-order valence-electron chi connectivity index (χ3n) is 3.79. The van der Waals surface area contributed by atoms with Gasteiger partial charge in [0, 0.05) is 17.6 Å². The van der Waals surface area contributed by atoms with Crippen LogP contribution in [-0.4, -0.2) is 34.5 Å². The van der Waals surface area contributed by atoms with Gasteiger partial charge in [0.1, 0.15) is 5.82 Å². The van der Waals surface area contributed by atoms with E-state index < -0.39 is 29.7 Å². The van der Waals surface area contributed by atoms with Crippen LogP contribution >= 0.6 is 27.5 Å². The number of rotatable bonds is 2. The number of nitrogens with zero attached hydrogens (tertiary/aromatic N) is 1. The van der Waals surface area contributed by atoms with E-state index in [-0.39, 0.29) is 15.1 Å². The smallest absolute Gasteiger partial charge is 0.308 e. The molecule has 0 aromatic heterocycles. The molecule has 2 rings (SSSR count). The summed E-state index contributed by atoms with van der Waals surface area (Å²) in [5.74, 6) is -2.56. The van der Waals surface area contributed by atoms with Gasteiger partial charge in [-0.25, -0.2) is 4.39 Å². The summed E-state index contributed by atoms with van der Waals surface area (Å²) in [5.41, 5.74) is 0.109. The number of halogens is 3. The van der Waals surface area contributed by atoms with Crippen LogP contribution in [0.4, 0.5) is 4.39 Å². The molecule has 0 spiro atoms. The SMILES string of the molecule is C[C@@H]1[C@H](C(=O)O)CCCN1C(=O)c1cc(Cl)cc(F)c1Br. The standard InChI is InChI=1S/C14H14BrClFNO3/c1-7-9(14(20)21)3-2-4-18(7)13(19)10-5-8(16)6-11(17)12(10)15/h5-7,9H,2-4H2,1H3,(H,20,21)/t7-,9-/m1/s1.